The first-order valence-electron chi connectivity index (χ1n) is 7.82. The fourth-order valence-electron chi connectivity index (χ4n) is 2.15. The molecule has 0 spiro atoms. The van der Waals surface area contributed by atoms with E-state index in [2.05, 4.69) is 66.2 Å². The largest absolute Gasteiger partial charge is 0.255 e. The van der Waals surface area contributed by atoms with Gasteiger partial charge in [-0.2, -0.15) is 0 Å². The van der Waals surface area contributed by atoms with Crippen LogP contribution in [0.3, 0.4) is 0 Å². The van der Waals surface area contributed by atoms with Crippen molar-refractivity contribution in [1.29, 1.82) is 0 Å². The van der Waals surface area contributed by atoms with E-state index in [0.717, 1.165) is 30.7 Å². The van der Waals surface area contributed by atoms with Crippen molar-refractivity contribution < 1.29 is 0 Å². The Labute approximate surface area is 135 Å². The number of pyridine rings is 2. The minimum atomic E-state index is -1.22. The zero-order valence-corrected chi connectivity index (χ0v) is 15.0. The van der Waals surface area contributed by atoms with Gasteiger partial charge in [0.2, 0.25) is 0 Å². The number of unbranched alkanes of at least 4 members (excludes halogenated alkanes) is 1. The second kappa shape index (κ2) is 7.37. The summed E-state index contributed by atoms with van der Waals surface area (Å²) < 4.78 is 0. The first kappa shape index (κ1) is 16.4. The average molecular weight is 309 g/mol. The van der Waals surface area contributed by atoms with Crippen LogP contribution in [0, 0.1) is 18.4 Å². The molecule has 0 bridgehead atoms. The Kier molecular flexibility index (Phi) is 5.51. The van der Waals surface area contributed by atoms with Crippen LogP contribution in [0.4, 0.5) is 0 Å². The molecule has 0 N–H and O–H groups in total. The number of hydrogen-bond donors (Lipinski definition) is 0. The molecule has 2 nitrogen and oxygen atoms in total. The number of hydrogen-bond acceptors (Lipinski definition) is 2. The highest BCUT2D eigenvalue weighted by Gasteiger charge is 2.07. The van der Waals surface area contributed by atoms with Crippen molar-refractivity contribution >= 4 is 8.07 Å². The van der Waals surface area contributed by atoms with Gasteiger partial charge in [0, 0.05) is 18.8 Å². The van der Waals surface area contributed by atoms with Gasteiger partial charge in [-0.3, -0.25) is 9.97 Å². The molecule has 0 aromatic carbocycles. The average Bonchev–Trinajstić information content (AvgIpc) is 2.46. The molecule has 2 rings (SSSR count). The summed E-state index contributed by atoms with van der Waals surface area (Å²) in [7, 11) is -1.22. The van der Waals surface area contributed by atoms with E-state index in [1.807, 2.05) is 18.5 Å². The van der Waals surface area contributed by atoms with Gasteiger partial charge >= 0.3 is 0 Å². The van der Waals surface area contributed by atoms with Crippen LogP contribution in [0.15, 0.2) is 36.7 Å². The lowest BCUT2D eigenvalue weighted by atomic mass is 10.1. The molecule has 2 heterocycles. The molecular weight excluding hydrogens is 284 g/mol. The Morgan fingerprint density at radius 3 is 2.36 bits per heavy atom. The van der Waals surface area contributed by atoms with E-state index in [0.29, 0.717) is 0 Å². The third-order valence-corrected chi connectivity index (χ3v) is 4.16. The minimum absolute atomic E-state index is 0.945. The Morgan fingerprint density at radius 1 is 1.00 bits per heavy atom. The molecule has 0 fully saturated rings. The van der Waals surface area contributed by atoms with Crippen LogP contribution in [0.5, 0.6) is 0 Å². The van der Waals surface area contributed by atoms with Gasteiger partial charge in [0.05, 0.1) is 11.4 Å². The maximum absolute atomic E-state index is 4.44. The van der Waals surface area contributed by atoms with Gasteiger partial charge in [-0.15, -0.1) is 11.5 Å². The number of rotatable bonds is 4. The van der Waals surface area contributed by atoms with Crippen LogP contribution in [0.25, 0.3) is 11.4 Å². The van der Waals surface area contributed by atoms with Gasteiger partial charge < -0.3 is 0 Å². The fourth-order valence-corrected chi connectivity index (χ4v) is 2.81. The summed E-state index contributed by atoms with van der Waals surface area (Å²) in [6, 6.07) is 8.31. The van der Waals surface area contributed by atoms with Crippen molar-refractivity contribution in [3.8, 4) is 22.9 Å². The number of aromatic nitrogens is 2. The second-order valence-corrected chi connectivity index (χ2v) is 11.4. The fraction of sp³-hybridized carbons (Fsp3) is 0.368. The van der Waals surface area contributed by atoms with E-state index >= 15 is 0 Å². The third kappa shape index (κ3) is 5.46. The van der Waals surface area contributed by atoms with Crippen molar-refractivity contribution in [2.45, 2.75) is 45.8 Å². The molecule has 3 heteroatoms. The summed E-state index contributed by atoms with van der Waals surface area (Å²) in [4.78, 5) is 8.85. The summed E-state index contributed by atoms with van der Waals surface area (Å²) in [6.45, 7) is 8.92. The monoisotopic (exact) mass is 308 g/mol. The Balaban J connectivity index is 1.99. The van der Waals surface area contributed by atoms with Crippen molar-refractivity contribution in [2.24, 2.45) is 0 Å². The molecule has 0 unspecified atom stereocenters. The summed E-state index contributed by atoms with van der Waals surface area (Å²) in [5.74, 6) is 3.33. The molecule has 0 saturated heterocycles. The van der Waals surface area contributed by atoms with Gasteiger partial charge in [-0.1, -0.05) is 19.6 Å². The van der Waals surface area contributed by atoms with Crippen molar-refractivity contribution in [3.63, 3.8) is 0 Å². The smallest absolute Gasteiger partial charge is 0.129 e. The zero-order chi connectivity index (χ0) is 16.0. The maximum atomic E-state index is 4.44. The van der Waals surface area contributed by atoms with Gasteiger partial charge in [-0.25, -0.2) is 0 Å². The Hall–Kier alpha value is -1.92. The Bertz CT molecular complexity index is 690. The highest BCUT2D eigenvalue weighted by Crippen LogP contribution is 2.17. The lowest BCUT2D eigenvalue weighted by Crippen LogP contribution is -2.16. The van der Waals surface area contributed by atoms with Crippen LogP contribution < -0.4 is 0 Å². The molecule has 2 aromatic heterocycles. The summed E-state index contributed by atoms with van der Waals surface area (Å²) in [5.41, 5.74) is 7.83. The van der Waals surface area contributed by atoms with Gasteiger partial charge in [0.1, 0.15) is 8.07 Å². The highest BCUT2D eigenvalue weighted by atomic mass is 28.3. The van der Waals surface area contributed by atoms with Crippen molar-refractivity contribution in [1.82, 2.24) is 9.97 Å². The lowest BCUT2D eigenvalue weighted by molar-refractivity contribution is 0.856. The molecule has 22 heavy (non-hydrogen) atoms. The normalized spacial score (nSPS) is 10.9. The molecule has 0 aliphatic carbocycles. The van der Waals surface area contributed by atoms with Crippen molar-refractivity contribution in [3.05, 3.63) is 47.8 Å². The predicted molar refractivity (Wildman–Crippen MR) is 96.3 cm³/mol. The lowest BCUT2D eigenvalue weighted by Gasteiger charge is -2.05. The van der Waals surface area contributed by atoms with Crippen LogP contribution >= 0.6 is 0 Å². The topological polar surface area (TPSA) is 25.8 Å². The zero-order valence-electron chi connectivity index (χ0n) is 14.0. The molecule has 0 aliphatic rings. The summed E-state index contributed by atoms with van der Waals surface area (Å²) >= 11 is 0. The summed E-state index contributed by atoms with van der Waals surface area (Å²) in [6.07, 6.45) is 6.84. The molecule has 0 atom stereocenters. The van der Waals surface area contributed by atoms with Gasteiger partial charge in [0.25, 0.3) is 0 Å². The van der Waals surface area contributed by atoms with Gasteiger partial charge in [0.15, 0.2) is 0 Å². The van der Waals surface area contributed by atoms with Gasteiger partial charge in [-0.05, 0) is 55.2 Å². The van der Waals surface area contributed by atoms with E-state index in [1.165, 1.54) is 11.1 Å². The van der Waals surface area contributed by atoms with E-state index in [1.54, 1.807) is 0 Å². The van der Waals surface area contributed by atoms with E-state index in [9.17, 15) is 0 Å². The minimum Gasteiger partial charge on any atom is -0.255 e. The Morgan fingerprint density at radius 2 is 1.68 bits per heavy atom. The SMILES string of the molecule is Cc1ccnc(-c2cc(CCCC#C[Si](C)(C)C)ccn2)c1. The van der Waals surface area contributed by atoms with Crippen molar-refractivity contribution in [2.75, 3.05) is 0 Å². The molecule has 0 radical (unpaired) electrons. The standard InChI is InChI=1S/C19H24N2Si/c1-16-9-11-20-18(14-16)19-15-17(10-12-21-19)8-6-5-7-13-22(2,3)4/h9-12,14-15H,5-6,8H2,1-4H3. The van der Waals surface area contributed by atoms with E-state index < -0.39 is 8.07 Å². The molecule has 0 saturated carbocycles. The third-order valence-electron chi connectivity index (χ3n) is 3.23. The molecule has 0 aliphatic heterocycles. The highest BCUT2D eigenvalue weighted by molar-refractivity contribution is 6.83. The summed E-state index contributed by atoms with van der Waals surface area (Å²) in [5, 5.41) is 0. The second-order valence-electron chi connectivity index (χ2n) is 6.67. The van der Waals surface area contributed by atoms with E-state index in [4.69, 9.17) is 0 Å². The first-order chi connectivity index (χ1) is 10.4. The molecule has 2 aromatic rings. The molecule has 114 valence electrons. The molecule has 0 amide bonds. The van der Waals surface area contributed by atoms with Crippen LogP contribution in [0.1, 0.15) is 24.0 Å². The van der Waals surface area contributed by atoms with E-state index in [-0.39, 0.29) is 0 Å². The first-order valence-corrected chi connectivity index (χ1v) is 11.3. The predicted octanol–water partition coefficient (Wildman–Crippen LogP) is 4.66. The quantitative estimate of drug-likeness (QED) is 0.466. The van der Waals surface area contributed by atoms with Crippen LogP contribution in [0.2, 0.25) is 19.6 Å². The number of nitrogens with zero attached hydrogens (tertiary/aromatic N) is 2. The van der Waals surface area contributed by atoms with Crippen LogP contribution in [-0.4, -0.2) is 18.0 Å². The molecular formula is C19H24N2Si. The van der Waals surface area contributed by atoms with Crippen LogP contribution in [-0.2, 0) is 6.42 Å². The maximum Gasteiger partial charge on any atom is 0.129 e. The number of aryl methyl sites for hydroxylation is 2.